The Balaban J connectivity index is 1.50. The summed E-state index contributed by atoms with van der Waals surface area (Å²) in [5.41, 5.74) is 1.93. The zero-order chi connectivity index (χ0) is 31.4. The third-order valence-electron chi connectivity index (χ3n) is 7.35. The minimum Gasteiger partial charge on any atom is -0.497 e. The average molecular weight is 621 g/mol. The molecule has 2 atom stereocenters. The van der Waals surface area contributed by atoms with Gasteiger partial charge in [-0.05, 0) is 61.4 Å². The van der Waals surface area contributed by atoms with Gasteiger partial charge in [0.15, 0.2) is 0 Å². The second kappa shape index (κ2) is 15.9. The third-order valence-corrected chi connectivity index (χ3v) is 8.27. The highest BCUT2D eigenvalue weighted by Crippen LogP contribution is 2.19. The molecule has 10 nitrogen and oxygen atoms in total. The molecule has 1 heterocycles. The highest BCUT2D eigenvalue weighted by molar-refractivity contribution is 7.90. The van der Waals surface area contributed by atoms with Gasteiger partial charge in [-0.25, -0.2) is 4.79 Å². The number of likely N-dealkylation sites (N-methyl/N-ethyl adjacent to an activating group) is 1. The maximum atomic E-state index is 13.7. The van der Waals surface area contributed by atoms with Crippen LogP contribution in [0.1, 0.15) is 17.5 Å². The molecule has 2 N–H and O–H groups in total. The Kier molecular flexibility index (Phi) is 11.8. The molecule has 1 fully saturated rings. The summed E-state index contributed by atoms with van der Waals surface area (Å²) in [6.07, 6.45) is 2.71. The summed E-state index contributed by atoms with van der Waals surface area (Å²) in [5, 5.41) is 6.85. The van der Waals surface area contributed by atoms with Crippen molar-refractivity contribution in [2.45, 2.75) is 31.3 Å². The zero-order valence-corrected chi connectivity index (χ0v) is 25.9. The monoisotopic (exact) mass is 620 g/mol. The van der Waals surface area contributed by atoms with E-state index in [1.54, 1.807) is 17.0 Å². The number of urea groups is 1. The van der Waals surface area contributed by atoms with E-state index in [0.717, 1.165) is 29.6 Å². The largest absolute Gasteiger partial charge is 0.497 e. The van der Waals surface area contributed by atoms with Gasteiger partial charge in [0, 0.05) is 38.6 Å². The van der Waals surface area contributed by atoms with E-state index in [9.17, 15) is 18.0 Å². The van der Waals surface area contributed by atoms with Crippen molar-refractivity contribution in [2.75, 3.05) is 40.3 Å². The quantitative estimate of drug-likeness (QED) is 0.281. The molecule has 0 aliphatic carbocycles. The Morgan fingerprint density at radius 1 is 0.841 bits per heavy atom. The third kappa shape index (κ3) is 10.4. The summed E-state index contributed by atoms with van der Waals surface area (Å²) in [5.74, 6) is 0.293. The lowest BCUT2D eigenvalue weighted by Crippen LogP contribution is -2.56. The van der Waals surface area contributed by atoms with E-state index >= 15 is 0 Å². The number of methoxy groups -OCH3 is 1. The van der Waals surface area contributed by atoms with E-state index in [1.807, 2.05) is 67.7 Å². The summed E-state index contributed by atoms with van der Waals surface area (Å²) < 4.78 is 36.0. The van der Waals surface area contributed by atoms with Gasteiger partial charge < -0.3 is 29.4 Å². The fraction of sp³-hybridized carbons (Fsp3) is 0.333. The van der Waals surface area contributed by atoms with Gasteiger partial charge in [-0.2, -0.15) is 8.42 Å². The summed E-state index contributed by atoms with van der Waals surface area (Å²) in [7, 11) is -0.606. The molecular formula is C33H40N4O6S. The van der Waals surface area contributed by atoms with Crippen LogP contribution >= 0.6 is 0 Å². The van der Waals surface area contributed by atoms with Crippen molar-refractivity contribution in [1.29, 1.82) is 0 Å². The first-order valence-corrected chi connectivity index (χ1v) is 16.1. The van der Waals surface area contributed by atoms with Crippen LogP contribution in [-0.2, 0) is 27.8 Å². The topological polar surface area (TPSA) is 117 Å². The highest BCUT2D eigenvalue weighted by atomic mass is 32.2. The number of aryl methyl sites for hydroxylation is 1. The van der Waals surface area contributed by atoms with Crippen LogP contribution < -0.4 is 19.6 Å². The molecule has 0 saturated carbocycles. The fourth-order valence-electron chi connectivity index (χ4n) is 4.76. The Morgan fingerprint density at radius 3 is 2.05 bits per heavy atom. The minimum absolute atomic E-state index is 0.134. The van der Waals surface area contributed by atoms with Gasteiger partial charge in [0.1, 0.15) is 17.5 Å². The molecule has 3 aromatic rings. The van der Waals surface area contributed by atoms with Crippen LogP contribution in [0.15, 0.2) is 96.4 Å². The number of carbonyl (C=O) groups is 2. The number of rotatable bonds is 13. The van der Waals surface area contributed by atoms with Gasteiger partial charge in [-0.1, -0.05) is 60.7 Å². The number of carbonyl (C=O) groups excluding carboxylic acids is 2. The van der Waals surface area contributed by atoms with Gasteiger partial charge in [-0.3, -0.25) is 4.79 Å². The number of nitrogens with zero attached hydrogens (tertiary/aromatic N) is 2. The van der Waals surface area contributed by atoms with Crippen LogP contribution in [0.25, 0.3) is 0 Å². The van der Waals surface area contributed by atoms with Gasteiger partial charge >= 0.3 is 16.1 Å². The van der Waals surface area contributed by atoms with Crippen LogP contribution in [0.5, 0.6) is 11.5 Å². The summed E-state index contributed by atoms with van der Waals surface area (Å²) in [6, 6.07) is 23.5. The van der Waals surface area contributed by atoms with Gasteiger partial charge in [0.05, 0.1) is 12.5 Å². The molecule has 0 unspecified atom stereocenters. The summed E-state index contributed by atoms with van der Waals surface area (Å²) in [4.78, 5) is 30.8. The summed E-state index contributed by atoms with van der Waals surface area (Å²) >= 11 is 0. The smallest absolute Gasteiger partial charge is 0.332 e. The molecule has 44 heavy (non-hydrogen) atoms. The molecule has 3 aromatic carbocycles. The second-order valence-electron chi connectivity index (χ2n) is 10.7. The van der Waals surface area contributed by atoms with Crippen molar-refractivity contribution in [3.63, 3.8) is 0 Å². The van der Waals surface area contributed by atoms with Gasteiger partial charge in [0.2, 0.25) is 5.91 Å². The molecule has 0 radical (unpaired) electrons. The molecular weight excluding hydrogens is 580 g/mol. The van der Waals surface area contributed by atoms with Gasteiger partial charge in [-0.15, -0.1) is 0 Å². The van der Waals surface area contributed by atoms with E-state index in [1.165, 1.54) is 25.3 Å². The van der Waals surface area contributed by atoms with Crippen LogP contribution in [0, 0.1) is 0 Å². The van der Waals surface area contributed by atoms with E-state index in [4.69, 9.17) is 8.92 Å². The number of benzene rings is 3. The SMILES string of the molecule is COc1ccc(OS(=O)(=O)/C=C/[C@H](CCc2ccccc2)NC(=O)[C@H](Cc2ccccc2)NC(=O)N2CCN(C)CC2)cc1. The van der Waals surface area contributed by atoms with E-state index in [-0.39, 0.29) is 18.2 Å². The molecule has 1 saturated heterocycles. The Hall–Kier alpha value is -4.35. The average Bonchev–Trinajstić information content (AvgIpc) is 3.03. The van der Waals surface area contributed by atoms with Crippen LogP contribution in [-0.4, -0.2) is 82.6 Å². The first kappa shape index (κ1) is 32.6. The lowest BCUT2D eigenvalue weighted by Gasteiger charge is -2.33. The number of piperazine rings is 1. The van der Waals surface area contributed by atoms with Crippen LogP contribution in [0.2, 0.25) is 0 Å². The first-order valence-electron chi connectivity index (χ1n) is 14.6. The second-order valence-corrected chi connectivity index (χ2v) is 12.1. The minimum atomic E-state index is -4.13. The lowest BCUT2D eigenvalue weighted by atomic mass is 10.0. The van der Waals surface area contributed by atoms with Crippen LogP contribution in [0.3, 0.4) is 0 Å². The Labute approximate surface area is 259 Å². The van der Waals surface area contributed by atoms with Crippen molar-refractivity contribution in [1.82, 2.24) is 20.4 Å². The van der Waals surface area contributed by atoms with Crippen molar-refractivity contribution in [3.05, 3.63) is 108 Å². The number of hydrogen-bond acceptors (Lipinski definition) is 7. The first-order chi connectivity index (χ1) is 21.2. The molecule has 1 aliphatic heterocycles. The summed E-state index contributed by atoms with van der Waals surface area (Å²) in [6.45, 7) is 2.64. The van der Waals surface area contributed by atoms with Crippen molar-refractivity contribution < 1.29 is 26.9 Å². The molecule has 3 amide bonds. The predicted molar refractivity (Wildman–Crippen MR) is 170 cm³/mol. The molecule has 1 aliphatic rings. The standard InChI is InChI=1S/C33H40N4O6S/c1-36-20-22-37(23-21-36)33(39)35-31(25-27-11-7-4-8-12-27)32(38)34-28(14-13-26-9-5-3-6-10-26)19-24-44(40,41)43-30-17-15-29(42-2)16-18-30/h3-12,15-19,24,28,31H,13-14,20-23,25H2,1-2H3,(H,34,38)(H,35,39)/b24-19+/t28-,31-/m0/s1. The molecule has 0 bridgehead atoms. The molecule has 4 rings (SSSR count). The van der Waals surface area contributed by atoms with E-state index in [2.05, 4.69) is 15.5 Å². The van der Waals surface area contributed by atoms with Crippen LogP contribution in [0.4, 0.5) is 4.79 Å². The van der Waals surface area contributed by atoms with Crippen molar-refractivity contribution in [2.24, 2.45) is 0 Å². The number of amides is 3. The lowest BCUT2D eigenvalue weighted by molar-refractivity contribution is -0.123. The highest BCUT2D eigenvalue weighted by Gasteiger charge is 2.27. The maximum absolute atomic E-state index is 13.7. The fourth-order valence-corrected chi connectivity index (χ4v) is 5.58. The Morgan fingerprint density at radius 2 is 1.43 bits per heavy atom. The van der Waals surface area contributed by atoms with Crippen molar-refractivity contribution >= 4 is 22.1 Å². The molecule has 0 aromatic heterocycles. The Bertz CT molecular complexity index is 1480. The molecule has 11 heteroatoms. The van der Waals surface area contributed by atoms with E-state index < -0.39 is 28.1 Å². The normalized spacial score (nSPS) is 15.4. The maximum Gasteiger partial charge on any atom is 0.332 e. The number of nitrogens with one attached hydrogen (secondary N) is 2. The van der Waals surface area contributed by atoms with Crippen molar-refractivity contribution in [3.8, 4) is 11.5 Å². The van der Waals surface area contributed by atoms with Gasteiger partial charge in [0.25, 0.3) is 0 Å². The molecule has 234 valence electrons. The number of ether oxygens (including phenoxy) is 1. The van der Waals surface area contributed by atoms with E-state index in [0.29, 0.717) is 31.7 Å². The zero-order valence-electron chi connectivity index (χ0n) is 25.1. The number of hydrogen-bond donors (Lipinski definition) is 2. The predicted octanol–water partition coefficient (Wildman–Crippen LogP) is 3.60. The molecule has 0 spiro atoms.